The summed E-state index contributed by atoms with van der Waals surface area (Å²) < 4.78 is 6.26. The molecule has 1 rings (SSSR count). The van der Waals surface area contributed by atoms with Crippen molar-refractivity contribution < 1.29 is 9.53 Å². The molecule has 0 bridgehead atoms. The molecule has 6 nitrogen and oxygen atoms in total. The molecular weight excluding hydrogens is 360 g/mol. The first-order valence-electron chi connectivity index (χ1n) is 7.51. The highest BCUT2D eigenvalue weighted by Gasteiger charge is 2.07. The molecule has 0 atom stereocenters. The normalized spacial score (nSPS) is 10.9. The molecule has 0 aliphatic carbocycles. The van der Waals surface area contributed by atoms with Crippen LogP contribution in [0, 0.1) is 11.3 Å². The molecule has 0 aliphatic heterocycles. The summed E-state index contributed by atoms with van der Waals surface area (Å²) in [6.45, 7) is 3.93. The van der Waals surface area contributed by atoms with Crippen molar-refractivity contribution in [2.75, 3.05) is 25.1 Å². The van der Waals surface area contributed by atoms with Crippen molar-refractivity contribution >= 4 is 27.7 Å². The molecule has 0 spiro atoms. The largest absolute Gasteiger partial charge is 0.381 e. The van der Waals surface area contributed by atoms with Gasteiger partial charge in [0, 0.05) is 36.6 Å². The second kappa shape index (κ2) is 11.6. The molecule has 1 aromatic rings. The molecule has 23 heavy (non-hydrogen) atoms. The summed E-state index contributed by atoms with van der Waals surface area (Å²) in [5, 5.41) is 14.6. The van der Waals surface area contributed by atoms with Crippen LogP contribution in [0.2, 0.25) is 0 Å². The van der Waals surface area contributed by atoms with Crippen LogP contribution >= 0.6 is 15.9 Å². The minimum absolute atomic E-state index is 0.00123. The lowest BCUT2D eigenvalue weighted by Crippen LogP contribution is -2.26. The van der Waals surface area contributed by atoms with Crippen LogP contribution in [0.3, 0.4) is 0 Å². The molecule has 0 saturated carbocycles. The molecule has 0 fully saturated rings. The van der Waals surface area contributed by atoms with E-state index in [1.54, 1.807) is 18.3 Å². The number of unbranched alkanes of at least 4 members (excludes halogenated alkanes) is 1. The number of hydrogen-bond donors (Lipinski definition) is 2. The van der Waals surface area contributed by atoms with E-state index in [-0.39, 0.29) is 5.57 Å². The Morgan fingerprint density at radius 1 is 1.48 bits per heavy atom. The van der Waals surface area contributed by atoms with Crippen LogP contribution in [0.15, 0.2) is 34.6 Å². The fourth-order valence-corrected chi connectivity index (χ4v) is 1.93. The van der Waals surface area contributed by atoms with Crippen LogP contribution in [0.4, 0.5) is 5.82 Å². The average Bonchev–Trinajstić information content (AvgIpc) is 2.54. The number of amides is 1. The molecule has 124 valence electrons. The van der Waals surface area contributed by atoms with Crippen LogP contribution < -0.4 is 10.6 Å². The van der Waals surface area contributed by atoms with Gasteiger partial charge in [-0.3, -0.25) is 4.79 Å². The zero-order valence-electron chi connectivity index (χ0n) is 13.1. The van der Waals surface area contributed by atoms with Gasteiger partial charge in [0.15, 0.2) is 0 Å². The van der Waals surface area contributed by atoms with Crippen molar-refractivity contribution in [3.8, 4) is 6.07 Å². The summed E-state index contributed by atoms with van der Waals surface area (Å²) >= 11 is 3.32. The van der Waals surface area contributed by atoms with Crippen molar-refractivity contribution in [2.45, 2.75) is 26.2 Å². The number of pyridine rings is 1. The fraction of sp³-hybridized carbons (Fsp3) is 0.438. The van der Waals surface area contributed by atoms with E-state index < -0.39 is 5.91 Å². The number of nitrogens with zero attached hydrogens (tertiary/aromatic N) is 2. The third-order valence-corrected chi connectivity index (χ3v) is 3.34. The van der Waals surface area contributed by atoms with Gasteiger partial charge in [0.1, 0.15) is 17.5 Å². The first kappa shape index (κ1) is 19.1. The van der Waals surface area contributed by atoms with Gasteiger partial charge in [-0.15, -0.1) is 0 Å². The van der Waals surface area contributed by atoms with Crippen LogP contribution in [-0.2, 0) is 9.53 Å². The van der Waals surface area contributed by atoms with Crippen LogP contribution in [0.5, 0.6) is 0 Å². The molecule has 0 unspecified atom stereocenters. The molecule has 0 aromatic carbocycles. The smallest absolute Gasteiger partial charge is 0.263 e. The van der Waals surface area contributed by atoms with Gasteiger partial charge in [-0.05, 0) is 25.0 Å². The summed E-state index contributed by atoms with van der Waals surface area (Å²) in [6.07, 6.45) is 5.83. The highest BCUT2D eigenvalue weighted by atomic mass is 79.9. The molecular formula is C16H21BrN4O2. The fourth-order valence-electron chi connectivity index (χ4n) is 1.60. The van der Waals surface area contributed by atoms with E-state index >= 15 is 0 Å². The standard InChI is InChI=1S/C16H21BrN4O2/c1-2-3-8-23-9-4-6-20-16(22)13(11-18)12-21-15-10-14(17)5-7-19-15/h5,7,10,12H,2-4,6,8-9H2,1H3,(H,19,21)(H,20,22)/b13-12-. The lowest BCUT2D eigenvalue weighted by atomic mass is 10.3. The maximum absolute atomic E-state index is 11.9. The predicted molar refractivity (Wildman–Crippen MR) is 92.6 cm³/mol. The van der Waals surface area contributed by atoms with Crippen LogP contribution in [0.1, 0.15) is 26.2 Å². The minimum Gasteiger partial charge on any atom is -0.381 e. The molecule has 0 saturated heterocycles. The van der Waals surface area contributed by atoms with Gasteiger partial charge in [0.05, 0.1) is 0 Å². The number of anilines is 1. The van der Waals surface area contributed by atoms with E-state index in [1.807, 2.05) is 6.07 Å². The topological polar surface area (TPSA) is 87.0 Å². The Labute approximate surface area is 145 Å². The number of nitrogens with one attached hydrogen (secondary N) is 2. The van der Waals surface area contributed by atoms with Gasteiger partial charge >= 0.3 is 0 Å². The van der Waals surface area contributed by atoms with Crippen molar-refractivity contribution in [1.82, 2.24) is 10.3 Å². The summed E-state index contributed by atoms with van der Waals surface area (Å²) in [4.78, 5) is 16.0. The van der Waals surface area contributed by atoms with E-state index in [9.17, 15) is 4.79 Å². The van der Waals surface area contributed by atoms with Gasteiger partial charge in [-0.1, -0.05) is 29.3 Å². The molecule has 1 amide bonds. The number of hydrogen-bond acceptors (Lipinski definition) is 5. The Bertz CT molecular complexity index is 569. The second-order valence-electron chi connectivity index (χ2n) is 4.75. The average molecular weight is 381 g/mol. The Morgan fingerprint density at radius 2 is 2.26 bits per heavy atom. The lowest BCUT2D eigenvalue weighted by Gasteiger charge is -2.06. The van der Waals surface area contributed by atoms with E-state index in [4.69, 9.17) is 10.00 Å². The SMILES string of the molecule is CCCCOCCCNC(=O)/C(C#N)=C\Nc1cc(Br)ccn1. The van der Waals surface area contributed by atoms with Gasteiger partial charge in [0.25, 0.3) is 5.91 Å². The predicted octanol–water partition coefficient (Wildman–Crippen LogP) is 2.99. The highest BCUT2D eigenvalue weighted by molar-refractivity contribution is 9.10. The zero-order valence-corrected chi connectivity index (χ0v) is 14.7. The quantitative estimate of drug-likeness (QED) is 0.370. The number of aromatic nitrogens is 1. The Morgan fingerprint density at radius 3 is 2.96 bits per heavy atom. The van der Waals surface area contributed by atoms with Crippen molar-refractivity contribution in [1.29, 1.82) is 5.26 Å². The number of carbonyl (C=O) groups excluding carboxylic acids is 1. The third-order valence-electron chi connectivity index (χ3n) is 2.84. The maximum atomic E-state index is 11.9. The molecule has 1 heterocycles. The summed E-state index contributed by atoms with van der Waals surface area (Å²) in [6, 6.07) is 5.41. The first-order chi connectivity index (χ1) is 11.2. The van der Waals surface area contributed by atoms with Gasteiger partial charge in [0.2, 0.25) is 0 Å². The van der Waals surface area contributed by atoms with E-state index in [0.29, 0.717) is 19.0 Å². The van der Waals surface area contributed by atoms with Crippen molar-refractivity contribution in [2.24, 2.45) is 0 Å². The number of carbonyl (C=O) groups is 1. The molecule has 1 aromatic heterocycles. The summed E-state index contributed by atoms with van der Waals surface area (Å²) in [5.74, 6) is 0.132. The van der Waals surface area contributed by atoms with Crippen LogP contribution in [-0.4, -0.2) is 30.6 Å². The molecule has 0 radical (unpaired) electrons. The first-order valence-corrected chi connectivity index (χ1v) is 8.31. The third kappa shape index (κ3) is 8.33. The number of nitriles is 1. The van der Waals surface area contributed by atoms with E-state index in [1.165, 1.54) is 6.20 Å². The van der Waals surface area contributed by atoms with Crippen LogP contribution in [0.25, 0.3) is 0 Å². The summed E-state index contributed by atoms with van der Waals surface area (Å²) in [5.41, 5.74) is -0.00123. The minimum atomic E-state index is -0.413. The lowest BCUT2D eigenvalue weighted by molar-refractivity contribution is -0.117. The van der Waals surface area contributed by atoms with E-state index in [2.05, 4.69) is 38.5 Å². The molecule has 2 N–H and O–H groups in total. The van der Waals surface area contributed by atoms with Gasteiger partial charge < -0.3 is 15.4 Å². The Hall–Kier alpha value is -1.91. The number of ether oxygens (including phenoxy) is 1. The van der Waals surface area contributed by atoms with Crippen molar-refractivity contribution in [3.63, 3.8) is 0 Å². The number of rotatable bonds is 10. The monoisotopic (exact) mass is 380 g/mol. The van der Waals surface area contributed by atoms with Gasteiger partial charge in [-0.2, -0.15) is 5.26 Å². The Kier molecular flexibility index (Phi) is 9.68. The Balaban J connectivity index is 2.34. The molecule has 0 aliphatic rings. The molecule has 7 heteroatoms. The van der Waals surface area contributed by atoms with Crippen molar-refractivity contribution in [3.05, 3.63) is 34.6 Å². The summed E-state index contributed by atoms with van der Waals surface area (Å²) in [7, 11) is 0. The maximum Gasteiger partial charge on any atom is 0.263 e. The highest BCUT2D eigenvalue weighted by Crippen LogP contribution is 2.12. The zero-order chi connectivity index (χ0) is 16.9. The number of halogens is 1. The van der Waals surface area contributed by atoms with Gasteiger partial charge in [-0.25, -0.2) is 4.98 Å². The van der Waals surface area contributed by atoms with E-state index in [0.717, 1.165) is 30.3 Å². The second-order valence-corrected chi connectivity index (χ2v) is 5.66.